The van der Waals surface area contributed by atoms with Crippen LogP contribution in [0.2, 0.25) is 0 Å². The molecule has 0 radical (unpaired) electrons. The van der Waals surface area contributed by atoms with Crippen LogP contribution in [0.25, 0.3) is 10.2 Å². The first kappa shape index (κ1) is 19.2. The van der Waals surface area contributed by atoms with Gasteiger partial charge in [-0.15, -0.1) is 15.7 Å². The van der Waals surface area contributed by atoms with Crippen LogP contribution in [-0.4, -0.2) is 47.4 Å². The third-order valence-corrected chi connectivity index (χ3v) is 7.63. The first-order valence-electron chi connectivity index (χ1n) is 9.62. The van der Waals surface area contributed by atoms with E-state index in [2.05, 4.69) is 14.4 Å². The highest BCUT2D eigenvalue weighted by molar-refractivity contribution is 7.90. The van der Waals surface area contributed by atoms with E-state index >= 15 is 0 Å². The first-order valence-corrected chi connectivity index (χ1v) is 12.1. The Kier molecular flexibility index (Phi) is 4.58. The van der Waals surface area contributed by atoms with E-state index in [0.717, 1.165) is 29.5 Å². The van der Waals surface area contributed by atoms with Gasteiger partial charge >= 0.3 is 5.97 Å². The number of carbonyl (C=O) groups is 1. The van der Waals surface area contributed by atoms with Crippen LogP contribution >= 0.6 is 11.3 Å². The van der Waals surface area contributed by atoms with Gasteiger partial charge in [0.05, 0.1) is 16.7 Å². The van der Waals surface area contributed by atoms with Crippen molar-refractivity contribution in [1.29, 1.82) is 0 Å². The van der Waals surface area contributed by atoms with Crippen molar-refractivity contribution < 1.29 is 17.9 Å². The van der Waals surface area contributed by atoms with E-state index in [1.165, 1.54) is 29.0 Å². The van der Waals surface area contributed by atoms with E-state index in [1.807, 2.05) is 0 Å². The molecular formula is C19H19N5O4S2. The van der Waals surface area contributed by atoms with E-state index in [-0.39, 0.29) is 18.9 Å². The number of ether oxygens (including phenoxy) is 1. The highest BCUT2D eigenvalue weighted by atomic mass is 32.2. The highest BCUT2D eigenvalue weighted by Crippen LogP contribution is 2.37. The molecule has 0 spiro atoms. The number of hydrogen-bond donors (Lipinski definition) is 1. The Hall–Kier alpha value is -2.79. The second kappa shape index (κ2) is 7.17. The van der Waals surface area contributed by atoms with Crippen LogP contribution in [0.5, 0.6) is 0 Å². The molecule has 0 saturated heterocycles. The van der Waals surface area contributed by atoms with Gasteiger partial charge in [-0.3, -0.25) is 0 Å². The number of nitrogens with zero attached hydrogens (tertiary/aromatic N) is 4. The molecule has 0 unspecified atom stereocenters. The van der Waals surface area contributed by atoms with Gasteiger partial charge in [-0.1, -0.05) is 0 Å². The smallest absolute Gasteiger partial charge is 0.340 e. The van der Waals surface area contributed by atoms with Gasteiger partial charge in [-0.05, 0) is 43.4 Å². The minimum atomic E-state index is -3.44. The molecule has 1 aliphatic carbocycles. The van der Waals surface area contributed by atoms with Crippen LogP contribution in [0.1, 0.15) is 29.1 Å². The van der Waals surface area contributed by atoms with Crippen LogP contribution in [-0.2, 0) is 39.0 Å². The summed E-state index contributed by atoms with van der Waals surface area (Å²) in [5, 5.41) is 0.939. The molecule has 2 aromatic heterocycles. The normalized spacial score (nSPS) is 19.7. The number of sulfonamides is 1. The molecule has 4 heterocycles. The predicted molar refractivity (Wildman–Crippen MR) is 113 cm³/mol. The van der Waals surface area contributed by atoms with E-state index in [1.54, 1.807) is 22.4 Å². The summed E-state index contributed by atoms with van der Waals surface area (Å²) in [7, 11) is -3.44. The minimum Gasteiger partial charge on any atom is -0.454 e. The summed E-state index contributed by atoms with van der Waals surface area (Å²) < 4.78 is 32.2. The summed E-state index contributed by atoms with van der Waals surface area (Å²) >= 11 is 1.64. The van der Waals surface area contributed by atoms with Crippen molar-refractivity contribution in [2.45, 2.75) is 32.3 Å². The van der Waals surface area contributed by atoms with Crippen LogP contribution in [0.15, 0.2) is 28.3 Å². The quantitative estimate of drug-likeness (QED) is 0.707. The van der Waals surface area contributed by atoms with Crippen molar-refractivity contribution in [3.8, 4) is 0 Å². The SMILES string of the molecule is Nc1nc(COC(=O)C2=CN3CCS(=O)(=O)N=C3C=C2)nc2sc3c(c12)CCCC3. The summed E-state index contributed by atoms with van der Waals surface area (Å²) in [6.45, 7) is 0.143. The zero-order valence-electron chi connectivity index (χ0n) is 16.0. The lowest BCUT2D eigenvalue weighted by Crippen LogP contribution is -2.37. The second-order valence-corrected chi connectivity index (χ2v) is 10.2. The molecule has 0 bridgehead atoms. The maximum Gasteiger partial charge on any atom is 0.340 e. The molecule has 9 nitrogen and oxygen atoms in total. The van der Waals surface area contributed by atoms with Crippen molar-refractivity contribution in [3.05, 3.63) is 40.2 Å². The Morgan fingerprint density at radius 2 is 2.07 bits per heavy atom. The van der Waals surface area contributed by atoms with E-state index < -0.39 is 16.0 Å². The number of carbonyl (C=O) groups excluding carboxylic acids is 1. The number of nitrogens with two attached hydrogens (primary N) is 1. The molecule has 0 aromatic carbocycles. The van der Waals surface area contributed by atoms with Crippen molar-refractivity contribution in [3.63, 3.8) is 0 Å². The van der Waals surface area contributed by atoms with Gasteiger partial charge in [-0.2, -0.15) is 0 Å². The van der Waals surface area contributed by atoms with Crippen molar-refractivity contribution in [2.24, 2.45) is 4.40 Å². The van der Waals surface area contributed by atoms with E-state index in [4.69, 9.17) is 10.5 Å². The summed E-state index contributed by atoms with van der Waals surface area (Å²) in [5.74, 6) is 0.435. The fourth-order valence-electron chi connectivity index (χ4n) is 3.83. The van der Waals surface area contributed by atoms with Crippen molar-refractivity contribution in [2.75, 3.05) is 18.0 Å². The number of fused-ring (bicyclic) bond motifs is 4. The average Bonchev–Trinajstić information content (AvgIpc) is 3.10. The van der Waals surface area contributed by atoms with Gasteiger partial charge in [0.1, 0.15) is 16.5 Å². The Morgan fingerprint density at radius 1 is 1.23 bits per heavy atom. The van der Waals surface area contributed by atoms with Gasteiger partial charge in [0.15, 0.2) is 12.4 Å². The maximum absolute atomic E-state index is 12.5. The number of esters is 1. The number of amidine groups is 1. The van der Waals surface area contributed by atoms with Gasteiger partial charge in [0, 0.05) is 17.6 Å². The van der Waals surface area contributed by atoms with Crippen LogP contribution in [0, 0.1) is 0 Å². The molecule has 2 aromatic rings. The van der Waals surface area contributed by atoms with Gasteiger partial charge < -0.3 is 15.4 Å². The third kappa shape index (κ3) is 3.47. The lowest BCUT2D eigenvalue weighted by molar-refractivity contribution is -0.140. The summed E-state index contributed by atoms with van der Waals surface area (Å²) in [6.07, 6.45) is 8.89. The molecule has 2 aliphatic heterocycles. The highest BCUT2D eigenvalue weighted by Gasteiger charge is 2.26. The molecule has 2 N–H and O–H groups in total. The fraction of sp³-hybridized carbons (Fsp3) is 0.368. The number of aromatic nitrogens is 2. The molecule has 0 amide bonds. The Bertz CT molecular complexity index is 1260. The monoisotopic (exact) mass is 445 g/mol. The third-order valence-electron chi connectivity index (χ3n) is 5.28. The largest absolute Gasteiger partial charge is 0.454 e. The maximum atomic E-state index is 12.5. The van der Waals surface area contributed by atoms with Gasteiger partial charge in [0.25, 0.3) is 10.0 Å². The number of anilines is 1. The lowest BCUT2D eigenvalue weighted by Gasteiger charge is -2.26. The molecule has 156 valence electrons. The van der Waals surface area contributed by atoms with Crippen molar-refractivity contribution >= 4 is 49.2 Å². The first-order chi connectivity index (χ1) is 14.4. The summed E-state index contributed by atoms with van der Waals surface area (Å²) in [6, 6.07) is 0. The Morgan fingerprint density at radius 3 is 2.93 bits per heavy atom. The number of rotatable bonds is 3. The molecule has 30 heavy (non-hydrogen) atoms. The fourth-order valence-corrected chi connectivity index (χ4v) is 6.09. The topological polar surface area (TPSA) is 128 Å². The molecule has 0 fully saturated rings. The summed E-state index contributed by atoms with van der Waals surface area (Å²) in [5.41, 5.74) is 7.76. The molecular weight excluding hydrogens is 426 g/mol. The zero-order valence-corrected chi connectivity index (χ0v) is 17.6. The van der Waals surface area contributed by atoms with E-state index in [9.17, 15) is 13.2 Å². The number of nitrogen functional groups attached to an aromatic ring is 1. The Labute approximate surface area is 177 Å². The second-order valence-electron chi connectivity index (χ2n) is 7.34. The molecule has 0 saturated carbocycles. The number of thiophene rings is 1. The van der Waals surface area contributed by atoms with Crippen LogP contribution < -0.4 is 5.73 Å². The summed E-state index contributed by atoms with van der Waals surface area (Å²) in [4.78, 5) is 25.2. The van der Waals surface area contributed by atoms with E-state index in [0.29, 0.717) is 23.1 Å². The molecule has 3 aliphatic rings. The number of aryl methyl sites for hydroxylation is 2. The number of hydrogen-bond acceptors (Lipinski definition) is 9. The lowest BCUT2D eigenvalue weighted by atomic mass is 9.97. The van der Waals surface area contributed by atoms with Crippen molar-refractivity contribution in [1.82, 2.24) is 14.9 Å². The Balaban J connectivity index is 1.32. The predicted octanol–water partition coefficient (Wildman–Crippen LogP) is 1.69. The average molecular weight is 446 g/mol. The minimum absolute atomic E-state index is 0.0952. The standard InChI is InChI=1S/C19H19N5O4S2/c20-17-16-12-3-1-2-4-13(12)29-18(16)22-14(21-17)10-28-19(25)11-5-6-15-23-30(26,27)8-7-24(15)9-11/h5-6,9H,1-4,7-8,10H2,(H2,20,21,22). The molecule has 5 rings (SSSR count). The van der Waals surface area contributed by atoms with Crippen LogP contribution in [0.4, 0.5) is 5.82 Å². The zero-order chi connectivity index (χ0) is 20.9. The molecule has 0 atom stereocenters. The van der Waals surface area contributed by atoms with Gasteiger partial charge in [-0.25, -0.2) is 23.2 Å². The van der Waals surface area contributed by atoms with Gasteiger partial charge in [0.2, 0.25) is 0 Å². The molecule has 11 heteroatoms. The van der Waals surface area contributed by atoms with Crippen LogP contribution in [0.3, 0.4) is 0 Å².